The number of fused-ring (bicyclic) bond motifs is 2. The fourth-order valence-corrected chi connectivity index (χ4v) is 5.27. The van der Waals surface area contributed by atoms with Gasteiger partial charge in [-0.3, -0.25) is 9.80 Å². The van der Waals surface area contributed by atoms with Crippen LogP contribution in [0.3, 0.4) is 0 Å². The molecule has 2 unspecified atom stereocenters. The molecule has 4 nitrogen and oxygen atoms in total. The van der Waals surface area contributed by atoms with Crippen molar-refractivity contribution in [2.45, 2.75) is 58.8 Å². The van der Waals surface area contributed by atoms with E-state index in [0.717, 1.165) is 49.5 Å². The molecule has 3 saturated heterocycles. The maximum Gasteiger partial charge on any atom is 0.141 e. The molecule has 0 saturated carbocycles. The summed E-state index contributed by atoms with van der Waals surface area (Å²) in [4.78, 5) is 5.15. The summed E-state index contributed by atoms with van der Waals surface area (Å²) < 4.78 is 19.5. The Morgan fingerprint density at radius 3 is 2.21 bits per heavy atom. The van der Waals surface area contributed by atoms with Crippen LogP contribution < -0.4 is 0 Å². The van der Waals surface area contributed by atoms with Crippen LogP contribution in [-0.2, 0) is 11.3 Å². The molecule has 2 aromatic rings. The molecule has 0 spiro atoms. The molecule has 6 heteroatoms. The predicted molar refractivity (Wildman–Crippen MR) is 157 cm³/mol. The molecule has 3 fully saturated rings. The van der Waals surface area contributed by atoms with Gasteiger partial charge in [0.1, 0.15) is 11.9 Å². The third kappa shape index (κ3) is 7.70. The second kappa shape index (κ2) is 16.7. The van der Waals surface area contributed by atoms with Crippen LogP contribution >= 0.6 is 11.6 Å². The van der Waals surface area contributed by atoms with E-state index in [-0.39, 0.29) is 5.56 Å². The first-order chi connectivity index (χ1) is 18.4. The minimum absolute atomic E-state index is 0.0484. The van der Waals surface area contributed by atoms with Crippen molar-refractivity contribution in [1.29, 1.82) is 5.26 Å². The summed E-state index contributed by atoms with van der Waals surface area (Å²) in [6, 6.07) is 12.5. The Kier molecular flexibility index (Phi) is 14.4. The van der Waals surface area contributed by atoms with Gasteiger partial charge in [0.25, 0.3) is 0 Å². The standard InChI is InChI=1S/C23H23ClFN3O.C3H6.C2H6.2C2H2/c1-14-4-17(9-27-10-19-7-18(27)11-28(19)20-12-29-13-20)23(24)21(5-14)15-2-3-16(8-26)22(25)6-15;1-3-2;3*1-2/h2-6,18-20H,7,9-13H2,1H3;3H,1H2,2H3;1-2H3;2*1-2H. The lowest BCUT2D eigenvalue weighted by atomic mass is 9.98. The SMILES string of the molecule is C#C.C#C.C=CC.CC.Cc1cc(CN2CC3CC2CN3C2COC2)c(Cl)c(-c2ccc(C#N)c(F)c2)c1. The van der Waals surface area contributed by atoms with Gasteiger partial charge in [0.15, 0.2) is 0 Å². The summed E-state index contributed by atoms with van der Waals surface area (Å²) in [6.45, 7) is 16.0. The van der Waals surface area contributed by atoms with Crippen molar-refractivity contribution in [3.8, 4) is 42.9 Å². The van der Waals surface area contributed by atoms with Gasteiger partial charge in [0.2, 0.25) is 0 Å². The smallest absolute Gasteiger partial charge is 0.141 e. The number of aryl methyl sites for hydroxylation is 1. The molecule has 3 aliphatic heterocycles. The van der Waals surface area contributed by atoms with Crippen molar-refractivity contribution >= 4 is 11.6 Å². The molecule has 202 valence electrons. The highest BCUT2D eigenvalue weighted by atomic mass is 35.5. The molecule has 2 aromatic carbocycles. The molecule has 0 aliphatic carbocycles. The predicted octanol–water partition coefficient (Wildman–Crippen LogP) is 6.70. The molecule has 0 amide bonds. The minimum Gasteiger partial charge on any atom is -0.378 e. The van der Waals surface area contributed by atoms with Crippen LogP contribution in [-0.4, -0.2) is 54.2 Å². The number of nitriles is 1. The average Bonchev–Trinajstić information content (AvgIpc) is 3.49. The average molecular weight is 536 g/mol. The Bertz CT molecular complexity index is 1130. The fraction of sp³-hybridized carbons (Fsp3) is 0.406. The topological polar surface area (TPSA) is 39.5 Å². The molecule has 0 N–H and O–H groups in total. The Morgan fingerprint density at radius 2 is 1.74 bits per heavy atom. The van der Waals surface area contributed by atoms with Crippen LogP contribution in [0, 0.1) is 49.8 Å². The fourth-order valence-electron chi connectivity index (χ4n) is 5.00. The van der Waals surface area contributed by atoms with Crippen molar-refractivity contribution in [2.24, 2.45) is 0 Å². The quantitative estimate of drug-likeness (QED) is 0.322. The van der Waals surface area contributed by atoms with E-state index in [1.54, 1.807) is 12.1 Å². The highest BCUT2D eigenvalue weighted by Crippen LogP contribution is 2.38. The third-order valence-corrected chi connectivity index (χ3v) is 7.00. The number of likely N-dealkylation sites (tertiary alicyclic amines) is 2. The monoisotopic (exact) mass is 535 g/mol. The summed E-state index contributed by atoms with van der Waals surface area (Å²) in [5.74, 6) is -0.513. The maximum absolute atomic E-state index is 14.1. The van der Waals surface area contributed by atoms with Gasteiger partial charge in [-0.05, 0) is 49.6 Å². The van der Waals surface area contributed by atoms with E-state index >= 15 is 0 Å². The van der Waals surface area contributed by atoms with Crippen molar-refractivity contribution in [2.75, 3.05) is 26.3 Å². The Hall–Kier alpha value is -3.11. The van der Waals surface area contributed by atoms with Crippen LogP contribution in [0.15, 0.2) is 43.0 Å². The highest BCUT2D eigenvalue weighted by molar-refractivity contribution is 6.34. The first-order valence-corrected chi connectivity index (χ1v) is 13.1. The summed E-state index contributed by atoms with van der Waals surface area (Å²) in [5, 5.41) is 9.65. The molecule has 0 radical (unpaired) electrons. The number of hydrogen-bond donors (Lipinski definition) is 0. The van der Waals surface area contributed by atoms with Gasteiger partial charge in [0.05, 0.1) is 29.8 Å². The van der Waals surface area contributed by atoms with E-state index in [9.17, 15) is 4.39 Å². The van der Waals surface area contributed by atoms with Crippen molar-refractivity contribution < 1.29 is 9.13 Å². The largest absolute Gasteiger partial charge is 0.378 e. The lowest BCUT2D eigenvalue weighted by Gasteiger charge is -2.42. The van der Waals surface area contributed by atoms with Crippen molar-refractivity contribution in [3.63, 3.8) is 0 Å². The number of ether oxygens (including phenoxy) is 1. The Morgan fingerprint density at radius 1 is 1.11 bits per heavy atom. The zero-order valence-electron chi connectivity index (χ0n) is 23.0. The molecular formula is C32H39ClFN3O. The molecule has 3 heterocycles. The number of halogens is 2. The van der Waals surface area contributed by atoms with Crippen molar-refractivity contribution in [3.05, 3.63) is 70.5 Å². The van der Waals surface area contributed by atoms with E-state index in [4.69, 9.17) is 21.6 Å². The van der Waals surface area contributed by atoms with Crippen LogP contribution in [0.25, 0.3) is 11.1 Å². The normalized spacial score (nSPS) is 19.4. The number of benzene rings is 2. The van der Waals surface area contributed by atoms with Crippen molar-refractivity contribution in [1.82, 2.24) is 9.80 Å². The Labute approximate surface area is 234 Å². The highest BCUT2D eigenvalue weighted by Gasteiger charge is 2.46. The van der Waals surface area contributed by atoms with Gasteiger partial charge < -0.3 is 4.74 Å². The van der Waals surface area contributed by atoms with Crippen LogP contribution in [0.2, 0.25) is 5.02 Å². The zero-order chi connectivity index (χ0) is 28.8. The molecule has 2 bridgehead atoms. The lowest BCUT2D eigenvalue weighted by Crippen LogP contribution is -2.56. The van der Waals surface area contributed by atoms with Gasteiger partial charge in [-0.25, -0.2) is 4.39 Å². The first kappa shape index (κ1) is 32.9. The summed E-state index contributed by atoms with van der Waals surface area (Å²) >= 11 is 6.79. The van der Waals surface area contributed by atoms with Gasteiger partial charge in [-0.2, -0.15) is 5.26 Å². The van der Waals surface area contributed by atoms with E-state index in [1.165, 1.54) is 18.6 Å². The van der Waals surface area contributed by atoms with E-state index in [1.807, 2.05) is 39.8 Å². The van der Waals surface area contributed by atoms with E-state index in [2.05, 4.69) is 48.1 Å². The lowest BCUT2D eigenvalue weighted by molar-refractivity contribution is -0.0804. The Balaban J connectivity index is 0.000000723. The minimum atomic E-state index is -0.513. The first-order valence-electron chi connectivity index (χ1n) is 12.8. The molecule has 0 aromatic heterocycles. The second-order valence-corrected chi connectivity index (χ2v) is 9.24. The van der Waals surface area contributed by atoms with Crippen LogP contribution in [0.4, 0.5) is 4.39 Å². The van der Waals surface area contributed by atoms with Crippen LogP contribution in [0.1, 0.15) is 43.9 Å². The van der Waals surface area contributed by atoms with E-state index in [0.29, 0.717) is 28.7 Å². The number of nitrogens with zero attached hydrogens (tertiary/aromatic N) is 3. The van der Waals surface area contributed by atoms with Crippen LogP contribution in [0.5, 0.6) is 0 Å². The van der Waals surface area contributed by atoms with Gasteiger partial charge >= 0.3 is 0 Å². The number of terminal acetylenes is 2. The number of rotatable bonds is 4. The second-order valence-electron chi connectivity index (χ2n) is 8.86. The molecular weight excluding hydrogens is 497 g/mol. The molecule has 2 atom stereocenters. The number of hydrogen-bond acceptors (Lipinski definition) is 4. The number of allylic oxidation sites excluding steroid dienone is 1. The number of piperazine rings is 1. The third-order valence-electron chi connectivity index (χ3n) is 6.55. The van der Waals surface area contributed by atoms with Gasteiger partial charge in [0, 0.05) is 37.3 Å². The van der Waals surface area contributed by atoms with E-state index < -0.39 is 5.82 Å². The maximum atomic E-state index is 14.1. The van der Waals surface area contributed by atoms with Gasteiger partial charge in [-0.15, -0.1) is 32.3 Å². The molecule has 38 heavy (non-hydrogen) atoms. The summed E-state index contributed by atoms with van der Waals surface area (Å²) in [7, 11) is 0. The van der Waals surface area contributed by atoms with Gasteiger partial charge in [-0.1, -0.05) is 49.2 Å². The molecule has 5 rings (SSSR count). The molecule has 3 aliphatic rings. The summed E-state index contributed by atoms with van der Waals surface area (Å²) in [6.07, 6.45) is 19.0. The zero-order valence-corrected chi connectivity index (χ0v) is 23.7. The summed E-state index contributed by atoms with van der Waals surface area (Å²) in [5.41, 5.74) is 3.75.